The van der Waals surface area contributed by atoms with Gasteiger partial charge in [0.15, 0.2) is 0 Å². The summed E-state index contributed by atoms with van der Waals surface area (Å²) in [5, 5.41) is 9.29. The fraction of sp³-hybridized carbons (Fsp3) is 0.133. The lowest BCUT2D eigenvalue weighted by molar-refractivity contribution is -0.135. The van der Waals surface area contributed by atoms with Crippen molar-refractivity contribution < 1.29 is 14.3 Å². The molecule has 0 aliphatic rings. The molecule has 2 rings (SSSR count). The number of carbonyl (C=O) groups is 1. The molecule has 0 amide bonds. The van der Waals surface area contributed by atoms with Crippen LogP contribution >= 0.6 is 11.6 Å². The van der Waals surface area contributed by atoms with E-state index >= 15 is 0 Å². The Hall–Kier alpha value is -2.07. The molecule has 5 heteroatoms. The number of aliphatic carboxylic acids is 1. The number of halogens is 2. The number of rotatable bonds is 5. The van der Waals surface area contributed by atoms with Gasteiger partial charge in [-0.2, -0.15) is 0 Å². The summed E-state index contributed by atoms with van der Waals surface area (Å²) in [6.45, 7) is 0.146. The molecule has 104 valence electrons. The highest BCUT2D eigenvalue weighted by molar-refractivity contribution is 6.31. The van der Waals surface area contributed by atoms with E-state index in [4.69, 9.17) is 16.7 Å². The topological polar surface area (TPSA) is 40.5 Å². The van der Waals surface area contributed by atoms with Crippen LogP contribution in [-0.4, -0.2) is 17.6 Å². The van der Waals surface area contributed by atoms with Gasteiger partial charge >= 0.3 is 5.97 Å². The predicted molar refractivity (Wildman–Crippen MR) is 76.5 cm³/mol. The fourth-order valence-electron chi connectivity index (χ4n) is 1.90. The minimum atomic E-state index is -0.938. The SMILES string of the molecule is O=C(O)CN(Cc1ccc(F)cc1Cl)c1ccccc1. The fourth-order valence-corrected chi connectivity index (χ4v) is 2.12. The quantitative estimate of drug-likeness (QED) is 0.916. The van der Waals surface area contributed by atoms with E-state index in [1.165, 1.54) is 12.1 Å². The summed E-state index contributed by atoms with van der Waals surface area (Å²) >= 11 is 5.98. The minimum Gasteiger partial charge on any atom is -0.480 e. The van der Waals surface area contributed by atoms with Gasteiger partial charge in [-0.25, -0.2) is 4.39 Å². The average Bonchev–Trinajstić information content (AvgIpc) is 2.41. The zero-order chi connectivity index (χ0) is 14.5. The van der Waals surface area contributed by atoms with Crippen LogP contribution in [0.3, 0.4) is 0 Å². The summed E-state index contributed by atoms with van der Waals surface area (Å²) in [6, 6.07) is 13.3. The third kappa shape index (κ3) is 3.71. The van der Waals surface area contributed by atoms with Crippen molar-refractivity contribution in [1.29, 1.82) is 0 Å². The first-order valence-corrected chi connectivity index (χ1v) is 6.40. The Morgan fingerprint density at radius 2 is 1.90 bits per heavy atom. The van der Waals surface area contributed by atoms with Gasteiger partial charge in [0.2, 0.25) is 0 Å². The standard InChI is InChI=1S/C15H13ClFNO2/c16-14-8-12(17)7-6-11(14)9-18(10-15(19)20)13-4-2-1-3-5-13/h1-8H,9-10H2,(H,19,20). The Balaban J connectivity index is 2.26. The van der Waals surface area contributed by atoms with E-state index < -0.39 is 11.8 Å². The highest BCUT2D eigenvalue weighted by Crippen LogP contribution is 2.22. The molecule has 0 unspecified atom stereocenters. The van der Waals surface area contributed by atoms with Crippen LogP contribution in [0.15, 0.2) is 48.5 Å². The molecule has 3 nitrogen and oxygen atoms in total. The van der Waals surface area contributed by atoms with Crippen molar-refractivity contribution in [2.75, 3.05) is 11.4 Å². The summed E-state index contributed by atoms with van der Waals surface area (Å²) in [5.41, 5.74) is 1.45. The molecule has 2 aromatic rings. The van der Waals surface area contributed by atoms with E-state index in [9.17, 15) is 9.18 Å². The summed E-state index contributed by atoms with van der Waals surface area (Å²) in [5.74, 6) is -1.35. The van der Waals surface area contributed by atoms with Crippen LogP contribution in [0, 0.1) is 5.82 Å². The Labute approximate surface area is 121 Å². The lowest BCUT2D eigenvalue weighted by Crippen LogP contribution is -2.29. The maximum Gasteiger partial charge on any atom is 0.323 e. The molecule has 0 radical (unpaired) electrons. The highest BCUT2D eigenvalue weighted by Gasteiger charge is 2.13. The molecule has 0 heterocycles. The van der Waals surface area contributed by atoms with Crippen molar-refractivity contribution in [3.8, 4) is 0 Å². The zero-order valence-corrected chi connectivity index (χ0v) is 11.3. The molecule has 0 bridgehead atoms. The van der Waals surface area contributed by atoms with E-state index in [1.807, 2.05) is 30.3 Å². The van der Waals surface area contributed by atoms with Gasteiger partial charge in [-0.3, -0.25) is 4.79 Å². The Morgan fingerprint density at radius 3 is 2.50 bits per heavy atom. The van der Waals surface area contributed by atoms with Crippen LogP contribution in [0.1, 0.15) is 5.56 Å². The number of carboxylic acids is 1. The highest BCUT2D eigenvalue weighted by atomic mass is 35.5. The molecule has 0 aromatic heterocycles. The third-order valence-electron chi connectivity index (χ3n) is 2.82. The first kappa shape index (κ1) is 14.3. The number of nitrogens with zero attached hydrogens (tertiary/aromatic N) is 1. The Bertz CT molecular complexity index is 604. The van der Waals surface area contributed by atoms with Gasteiger partial charge in [-0.05, 0) is 29.8 Å². The Kier molecular flexibility index (Phi) is 4.58. The molecule has 0 fully saturated rings. The number of anilines is 1. The van der Waals surface area contributed by atoms with Crippen molar-refractivity contribution in [1.82, 2.24) is 0 Å². The average molecular weight is 294 g/mol. The maximum atomic E-state index is 13.0. The molecular weight excluding hydrogens is 281 g/mol. The van der Waals surface area contributed by atoms with E-state index in [1.54, 1.807) is 11.0 Å². The van der Waals surface area contributed by atoms with Crippen LogP contribution in [0.4, 0.5) is 10.1 Å². The zero-order valence-electron chi connectivity index (χ0n) is 10.6. The third-order valence-corrected chi connectivity index (χ3v) is 3.18. The van der Waals surface area contributed by atoms with Crippen LogP contribution in [0.2, 0.25) is 5.02 Å². The maximum absolute atomic E-state index is 13.0. The van der Waals surface area contributed by atoms with Crippen molar-refractivity contribution in [3.05, 3.63) is 64.9 Å². The lowest BCUT2D eigenvalue weighted by atomic mass is 10.2. The van der Waals surface area contributed by atoms with E-state index in [0.717, 1.165) is 5.69 Å². The van der Waals surface area contributed by atoms with Crippen LogP contribution in [-0.2, 0) is 11.3 Å². The molecule has 0 aliphatic carbocycles. The van der Waals surface area contributed by atoms with Crippen molar-refractivity contribution in [2.24, 2.45) is 0 Å². The second-order valence-electron chi connectivity index (χ2n) is 4.32. The molecule has 2 aromatic carbocycles. The molecule has 0 saturated heterocycles. The van der Waals surface area contributed by atoms with Gasteiger partial charge in [0.1, 0.15) is 12.4 Å². The van der Waals surface area contributed by atoms with Crippen LogP contribution in [0.5, 0.6) is 0 Å². The Morgan fingerprint density at radius 1 is 1.20 bits per heavy atom. The first-order valence-electron chi connectivity index (χ1n) is 6.02. The number of hydrogen-bond acceptors (Lipinski definition) is 2. The van der Waals surface area contributed by atoms with Gasteiger partial charge in [0.05, 0.1) is 0 Å². The smallest absolute Gasteiger partial charge is 0.323 e. The number of para-hydroxylation sites is 1. The van der Waals surface area contributed by atoms with Crippen molar-refractivity contribution in [3.63, 3.8) is 0 Å². The molecule has 20 heavy (non-hydrogen) atoms. The summed E-state index contributed by atoms with van der Waals surface area (Å²) < 4.78 is 13.0. The van der Waals surface area contributed by atoms with E-state index in [0.29, 0.717) is 12.1 Å². The number of hydrogen-bond donors (Lipinski definition) is 1. The second-order valence-corrected chi connectivity index (χ2v) is 4.73. The van der Waals surface area contributed by atoms with Crippen molar-refractivity contribution >= 4 is 23.3 Å². The van der Waals surface area contributed by atoms with Crippen molar-refractivity contribution in [2.45, 2.75) is 6.54 Å². The van der Waals surface area contributed by atoms with Gasteiger partial charge in [0.25, 0.3) is 0 Å². The number of benzene rings is 2. The van der Waals surface area contributed by atoms with Gasteiger partial charge in [-0.1, -0.05) is 35.9 Å². The van der Waals surface area contributed by atoms with Crippen LogP contribution in [0.25, 0.3) is 0 Å². The van der Waals surface area contributed by atoms with Gasteiger partial charge in [0, 0.05) is 17.3 Å². The minimum absolute atomic E-state index is 0.155. The molecule has 1 N–H and O–H groups in total. The van der Waals surface area contributed by atoms with Crippen LogP contribution < -0.4 is 4.90 Å². The molecule has 0 spiro atoms. The molecule has 0 aliphatic heterocycles. The molecular formula is C15H13ClFNO2. The largest absolute Gasteiger partial charge is 0.480 e. The first-order chi connectivity index (χ1) is 9.56. The van der Waals surface area contributed by atoms with Gasteiger partial charge in [-0.15, -0.1) is 0 Å². The lowest BCUT2D eigenvalue weighted by Gasteiger charge is -2.23. The molecule has 0 atom stereocenters. The second kappa shape index (κ2) is 6.39. The predicted octanol–water partition coefficient (Wildman–Crippen LogP) is 3.57. The monoisotopic (exact) mass is 293 g/mol. The summed E-state index contributed by atoms with van der Waals surface area (Å²) in [4.78, 5) is 12.6. The van der Waals surface area contributed by atoms with E-state index in [2.05, 4.69) is 0 Å². The number of carboxylic acid groups (broad SMARTS) is 1. The summed E-state index contributed by atoms with van der Waals surface area (Å²) in [7, 11) is 0. The normalized spacial score (nSPS) is 10.3. The van der Waals surface area contributed by atoms with E-state index in [-0.39, 0.29) is 11.6 Å². The summed E-state index contributed by atoms with van der Waals surface area (Å²) in [6.07, 6.45) is 0. The van der Waals surface area contributed by atoms with Gasteiger partial charge < -0.3 is 10.0 Å². The molecule has 0 saturated carbocycles.